The number of aromatic nitrogens is 1. The number of fused-ring (bicyclic) bond motifs is 1. The highest BCUT2D eigenvalue weighted by molar-refractivity contribution is 6.03. The maximum atomic E-state index is 11.8. The SMILES string of the molecule is CON(C[C@@H]1CCC(=O)N1)c1cc2cnccc2cc1C(N)=O. The standard InChI is InChI=1S/C16H18N4O3/c1-23-20(9-12-2-3-15(21)19-12)14-7-11-8-18-5-4-10(11)6-13(14)16(17)22/h4-8,12H,2-3,9H2,1H3,(H2,17,22)(H,19,21)/t12-/m0/s1. The Hall–Kier alpha value is -2.67. The van der Waals surface area contributed by atoms with Gasteiger partial charge in [0.25, 0.3) is 5.91 Å². The number of carbonyl (C=O) groups is 2. The first-order chi connectivity index (χ1) is 11.1. The van der Waals surface area contributed by atoms with Gasteiger partial charge in [0.2, 0.25) is 5.91 Å². The predicted octanol–water partition coefficient (Wildman–Crippen LogP) is 0.980. The molecule has 1 aliphatic heterocycles. The number of carbonyl (C=O) groups excluding carboxylic acids is 2. The smallest absolute Gasteiger partial charge is 0.250 e. The van der Waals surface area contributed by atoms with Crippen LogP contribution in [0.2, 0.25) is 0 Å². The molecule has 2 aromatic rings. The molecule has 1 aromatic carbocycles. The fourth-order valence-corrected chi connectivity index (χ4v) is 2.81. The van der Waals surface area contributed by atoms with E-state index < -0.39 is 5.91 Å². The van der Waals surface area contributed by atoms with Crippen molar-refractivity contribution in [3.05, 3.63) is 36.2 Å². The van der Waals surface area contributed by atoms with Gasteiger partial charge in [-0.15, -0.1) is 0 Å². The molecule has 0 unspecified atom stereocenters. The average molecular weight is 314 g/mol. The second kappa shape index (κ2) is 6.21. The van der Waals surface area contributed by atoms with Crippen molar-refractivity contribution in [3.63, 3.8) is 0 Å². The van der Waals surface area contributed by atoms with E-state index in [0.29, 0.717) is 24.2 Å². The largest absolute Gasteiger partial charge is 0.366 e. The van der Waals surface area contributed by atoms with Gasteiger partial charge >= 0.3 is 0 Å². The fraction of sp³-hybridized carbons (Fsp3) is 0.312. The van der Waals surface area contributed by atoms with Gasteiger partial charge in [-0.25, -0.2) is 0 Å². The molecule has 120 valence electrons. The first kappa shape index (κ1) is 15.2. The van der Waals surface area contributed by atoms with Gasteiger partial charge in [-0.3, -0.25) is 24.5 Å². The normalized spacial score (nSPS) is 17.3. The Morgan fingerprint density at radius 1 is 1.48 bits per heavy atom. The molecule has 2 heterocycles. The summed E-state index contributed by atoms with van der Waals surface area (Å²) in [4.78, 5) is 32.7. The van der Waals surface area contributed by atoms with Gasteiger partial charge in [-0.2, -0.15) is 0 Å². The van der Waals surface area contributed by atoms with E-state index in [0.717, 1.165) is 17.2 Å². The summed E-state index contributed by atoms with van der Waals surface area (Å²) in [5.41, 5.74) is 6.46. The quantitative estimate of drug-likeness (QED) is 0.802. The van der Waals surface area contributed by atoms with Crippen LogP contribution in [0.4, 0.5) is 5.69 Å². The van der Waals surface area contributed by atoms with Gasteiger partial charge in [0, 0.05) is 30.2 Å². The number of pyridine rings is 1. The number of nitrogens with one attached hydrogen (secondary N) is 1. The number of hydroxylamine groups is 1. The maximum absolute atomic E-state index is 11.8. The van der Waals surface area contributed by atoms with Gasteiger partial charge < -0.3 is 11.1 Å². The molecule has 1 aliphatic rings. The number of amides is 2. The minimum absolute atomic E-state index is 0.0206. The Labute approximate surface area is 133 Å². The van der Waals surface area contributed by atoms with E-state index in [-0.39, 0.29) is 11.9 Å². The molecule has 0 spiro atoms. The van der Waals surface area contributed by atoms with Crippen LogP contribution in [0.1, 0.15) is 23.2 Å². The lowest BCUT2D eigenvalue weighted by atomic mass is 10.1. The van der Waals surface area contributed by atoms with Crippen molar-refractivity contribution >= 4 is 28.3 Å². The van der Waals surface area contributed by atoms with Gasteiger partial charge in [-0.05, 0) is 30.0 Å². The van der Waals surface area contributed by atoms with E-state index in [1.807, 2.05) is 12.1 Å². The lowest BCUT2D eigenvalue weighted by Crippen LogP contribution is -2.39. The summed E-state index contributed by atoms with van der Waals surface area (Å²) in [5, 5.41) is 6.23. The monoisotopic (exact) mass is 314 g/mol. The summed E-state index contributed by atoms with van der Waals surface area (Å²) in [6.07, 6.45) is 4.62. The van der Waals surface area contributed by atoms with Crippen LogP contribution in [0.25, 0.3) is 10.8 Å². The van der Waals surface area contributed by atoms with E-state index in [1.54, 1.807) is 23.5 Å². The van der Waals surface area contributed by atoms with Crippen molar-refractivity contribution in [1.82, 2.24) is 10.3 Å². The number of nitrogens with two attached hydrogens (primary N) is 1. The van der Waals surface area contributed by atoms with Crippen LogP contribution >= 0.6 is 0 Å². The minimum atomic E-state index is -0.531. The van der Waals surface area contributed by atoms with Gasteiger partial charge in [-0.1, -0.05) is 0 Å². The summed E-state index contributed by atoms with van der Waals surface area (Å²) in [5.74, 6) is -0.500. The number of primary amides is 1. The highest BCUT2D eigenvalue weighted by Crippen LogP contribution is 2.27. The van der Waals surface area contributed by atoms with E-state index >= 15 is 0 Å². The zero-order valence-corrected chi connectivity index (χ0v) is 12.8. The first-order valence-electron chi connectivity index (χ1n) is 7.37. The molecule has 0 aliphatic carbocycles. The maximum Gasteiger partial charge on any atom is 0.250 e. The molecule has 1 fully saturated rings. The van der Waals surface area contributed by atoms with Crippen molar-refractivity contribution in [1.29, 1.82) is 0 Å². The van der Waals surface area contributed by atoms with Crippen LogP contribution in [0.3, 0.4) is 0 Å². The third-order valence-electron chi connectivity index (χ3n) is 3.98. The summed E-state index contributed by atoms with van der Waals surface area (Å²) < 4.78 is 0. The molecule has 2 amide bonds. The van der Waals surface area contributed by atoms with Crippen LogP contribution < -0.4 is 16.1 Å². The zero-order chi connectivity index (χ0) is 16.4. The van der Waals surface area contributed by atoms with Crippen molar-refractivity contribution in [2.75, 3.05) is 18.7 Å². The van der Waals surface area contributed by atoms with Crippen LogP contribution in [-0.4, -0.2) is 36.5 Å². The molecule has 0 radical (unpaired) electrons. The third kappa shape index (κ3) is 3.09. The van der Waals surface area contributed by atoms with Crippen molar-refractivity contribution < 1.29 is 14.4 Å². The first-order valence-corrected chi connectivity index (χ1v) is 7.37. The van der Waals surface area contributed by atoms with E-state index in [1.165, 1.54) is 7.11 Å². The Morgan fingerprint density at radius 2 is 2.30 bits per heavy atom. The summed E-state index contributed by atoms with van der Waals surface area (Å²) in [7, 11) is 1.52. The minimum Gasteiger partial charge on any atom is -0.366 e. The van der Waals surface area contributed by atoms with Crippen LogP contribution in [0.5, 0.6) is 0 Å². The molecule has 7 nitrogen and oxygen atoms in total. The molecule has 7 heteroatoms. The Bertz CT molecular complexity index is 762. The van der Waals surface area contributed by atoms with Crippen LogP contribution in [-0.2, 0) is 9.63 Å². The molecule has 1 atom stereocenters. The van der Waals surface area contributed by atoms with Gasteiger partial charge in [0.15, 0.2) is 0 Å². The molecule has 0 bridgehead atoms. The molecular weight excluding hydrogens is 296 g/mol. The van der Waals surface area contributed by atoms with Crippen molar-refractivity contribution in [2.45, 2.75) is 18.9 Å². The molecule has 1 saturated heterocycles. The summed E-state index contributed by atoms with van der Waals surface area (Å²) in [6.45, 7) is 0.439. The average Bonchev–Trinajstić information content (AvgIpc) is 2.96. The Morgan fingerprint density at radius 3 is 2.96 bits per heavy atom. The van der Waals surface area contributed by atoms with Crippen molar-refractivity contribution in [3.8, 4) is 0 Å². The second-order valence-corrected chi connectivity index (χ2v) is 5.50. The molecule has 23 heavy (non-hydrogen) atoms. The van der Waals surface area contributed by atoms with Gasteiger partial charge in [0.05, 0.1) is 24.9 Å². The summed E-state index contributed by atoms with van der Waals surface area (Å²) in [6, 6.07) is 5.35. The molecule has 3 rings (SSSR count). The number of hydrogen-bond acceptors (Lipinski definition) is 5. The molecule has 3 N–H and O–H groups in total. The number of nitrogens with zero attached hydrogens (tertiary/aromatic N) is 2. The number of anilines is 1. The lowest BCUT2D eigenvalue weighted by molar-refractivity contribution is -0.119. The lowest BCUT2D eigenvalue weighted by Gasteiger charge is -2.26. The highest BCUT2D eigenvalue weighted by atomic mass is 16.7. The van der Waals surface area contributed by atoms with Gasteiger partial charge in [0.1, 0.15) is 0 Å². The van der Waals surface area contributed by atoms with E-state index in [4.69, 9.17) is 10.6 Å². The predicted molar refractivity (Wildman–Crippen MR) is 85.8 cm³/mol. The topological polar surface area (TPSA) is 97.6 Å². The third-order valence-corrected chi connectivity index (χ3v) is 3.98. The zero-order valence-electron chi connectivity index (χ0n) is 12.8. The highest BCUT2D eigenvalue weighted by Gasteiger charge is 2.25. The van der Waals surface area contributed by atoms with Crippen LogP contribution in [0, 0.1) is 0 Å². The molecule has 0 saturated carbocycles. The van der Waals surface area contributed by atoms with E-state index in [2.05, 4.69) is 10.3 Å². The van der Waals surface area contributed by atoms with Crippen molar-refractivity contribution in [2.24, 2.45) is 5.73 Å². The number of hydrogen-bond donors (Lipinski definition) is 2. The Balaban J connectivity index is 1.99. The number of rotatable bonds is 5. The van der Waals surface area contributed by atoms with Crippen LogP contribution in [0.15, 0.2) is 30.6 Å². The summed E-state index contributed by atoms with van der Waals surface area (Å²) >= 11 is 0. The Kier molecular flexibility index (Phi) is 4.12. The molecule has 1 aromatic heterocycles. The molecular formula is C16H18N4O3. The van der Waals surface area contributed by atoms with E-state index in [9.17, 15) is 9.59 Å². The fourth-order valence-electron chi connectivity index (χ4n) is 2.81. The number of benzene rings is 1. The second-order valence-electron chi connectivity index (χ2n) is 5.50.